The van der Waals surface area contributed by atoms with Gasteiger partial charge in [-0.15, -0.1) is 0 Å². The fourth-order valence-corrected chi connectivity index (χ4v) is 5.27. The van der Waals surface area contributed by atoms with Crippen LogP contribution in [0.5, 0.6) is 5.75 Å². The van der Waals surface area contributed by atoms with E-state index in [1.54, 1.807) is 19.4 Å². The molecule has 0 atom stereocenters. The second kappa shape index (κ2) is 8.98. The van der Waals surface area contributed by atoms with E-state index in [0.29, 0.717) is 17.4 Å². The minimum atomic E-state index is -0.656. The summed E-state index contributed by atoms with van der Waals surface area (Å²) in [6, 6.07) is 9.00. The molecule has 0 spiro atoms. The number of ether oxygens (including phenoxy) is 1. The maximum atomic E-state index is 14.0. The van der Waals surface area contributed by atoms with Crippen LogP contribution in [0.15, 0.2) is 42.6 Å². The van der Waals surface area contributed by atoms with E-state index in [2.05, 4.69) is 27.0 Å². The van der Waals surface area contributed by atoms with Crippen LogP contribution in [-0.2, 0) is 4.79 Å². The Kier molecular flexibility index (Phi) is 5.89. The van der Waals surface area contributed by atoms with Crippen molar-refractivity contribution >= 4 is 22.6 Å². The van der Waals surface area contributed by atoms with Gasteiger partial charge >= 0.3 is 5.97 Å². The Bertz CT molecular complexity index is 1210. The highest BCUT2D eigenvalue weighted by atomic mass is 19.1. The summed E-state index contributed by atoms with van der Waals surface area (Å²) in [5, 5.41) is 10.2. The van der Waals surface area contributed by atoms with Crippen LogP contribution < -0.4 is 4.74 Å². The number of benzene rings is 1. The van der Waals surface area contributed by atoms with Crippen molar-refractivity contribution in [2.75, 3.05) is 20.2 Å². The maximum absolute atomic E-state index is 14.0. The molecule has 2 N–H and O–H groups in total. The molecule has 3 heterocycles. The molecule has 2 aliphatic rings. The lowest BCUT2D eigenvalue weighted by atomic mass is 9.85. The van der Waals surface area contributed by atoms with Crippen LogP contribution >= 0.6 is 0 Å². The average Bonchev–Trinajstić information content (AvgIpc) is 3.29. The first-order valence-corrected chi connectivity index (χ1v) is 11.5. The second-order valence-electron chi connectivity index (χ2n) is 8.97. The van der Waals surface area contributed by atoms with Crippen LogP contribution in [0.1, 0.15) is 37.8 Å². The Morgan fingerprint density at radius 2 is 2.00 bits per heavy atom. The summed E-state index contributed by atoms with van der Waals surface area (Å²) in [5.41, 5.74) is 4.64. The van der Waals surface area contributed by atoms with Crippen molar-refractivity contribution in [2.24, 2.45) is 5.92 Å². The van der Waals surface area contributed by atoms with Crippen molar-refractivity contribution in [3.63, 3.8) is 0 Å². The van der Waals surface area contributed by atoms with Gasteiger partial charge in [0.05, 0.1) is 13.0 Å². The van der Waals surface area contributed by atoms with Crippen LogP contribution in [0.25, 0.3) is 27.7 Å². The third kappa shape index (κ3) is 4.25. The van der Waals surface area contributed by atoms with Gasteiger partial charge in [-0.05, 0) is 73.6 Å². The fourth-order valence-electron chi connectivity index (χ4n) is 5.27. The third-order valence-corrected chi connectivity index (χ3v) is 7.13. The zero-order chi connectivity index (χ0) is 22.9. The number of pyridine rings is 1. The summed E-state index contributed by atoms with van der Waals surface area (Å²) < 4.78 is 19.5. The number of carboxylic acid groups (broad SMARTS) is 1. The van der Waals surface area contributed by atoms with E-state index in [4.69, 9.17) is 4.74 Å². The molecular weight excluding hydrogens is 421 g/mol. The van der Waals surface area contributed by atoms with Crippen molar-refractivity contribution in [1.82, 2.24) is 14.9 Å². The fraction of sp³-hybridized carbons (Fsp3) is 0.385. The molecule has 0 radical (unpaired) electrons. The standard InChI is InChI=1S/C26H28FN3O3/c1-33-24-7-4-18(27)14-21(24)20-8-11-28-25-22(20)15-23(29-25)16-9-12-30(13-10-16)19-5-2-17(3-6-19)26(31)32/h4,7-9,11,14-15,17,19H,2-3,5-6,10,12-13H2,1H3,(H,28,29)(H,31,32)/t17-,19-. The van der Waals surface area contributed by atoms with E-state index < -0.39 is 5.97 Å². The van der Waals surface area contributed by atoms with Gasteiger partial charge in [0.1, 0.15) is 17.2 Å². The van der Waals surface area contributed by atoms with Gasteiger partial charge in [0.2, 0.25) is 0 Å². The first kappa shape index (κ1) is 21.6. The number of aromatic nitrogens is 2. The zero-order valence-corrected chi connectivity index (χ0v) is 18.7. The number of carbonyl (C=O) groups is 1. The van der Waals surface area contributed by atoms with Crippen LogP contribution in [0.3, 0.4) is 0 Å². The molecule has 0 saturated heterocycles. The highest BCUT2D eigenvalue weighted by molar-refractivity contribution is 5.96. The Labute approximate surface area is 192 Å². The number of aliphatic carboxylic acids is 1. The topological polar surface area (TPSA) is 78.5 Å². The van der Waals surface area contributed by atoms with Crippen molar-refractivity contribution in [2.45, 2.75) is 38.1 Å². The normalized spacial score (nSPS) is 21.7. The van der Waals surface area contributed by atoms with Crippen LogP contribution in [0.2, 0.25) is 0 Å². The minimum Gasteiger partial charge on any atom is -0.496 e. The summed E-state index contributed by atoms with van der Waals surface area (Å²) >= 11 is 0. The lowest BCUT2D eigenvalue weighted by Gasteiger charge is -2.37. The summed E-state index contributed by atoms with van der Waals surface area (Å²) in [6.45, 7) is 1.83. The number of rotatable bonds is 5. The molecule has 6 nitrogen and oxygen atoms in total. The molecule has 1 aliphatic carbocycles. The molecule has 1 fully saturated rings. The molecule has 0 bridgehead atoms. The largest absolute Gasteiger partial charge is 0.496 e. The van der Waals surface area contributed by atoms with Crippen molar-refractivity contribution in [3.05, 3.63) is 54.1 Å². The Balaban J connectivity index is 1.37. The van der Waals surface area contributed by atoms with Crippen molar-refractivity contribution in [1.29, 1.82) is 0 Å². The lowest BCUT2D eigenvalue weighted by Crippen LogP contribution is -2.41. The monoisotopic (exact) mass is 449 g/mol. The number of methoxy groups -OCH3 is 1. The van der Waals surface area contributed by atoms with Crippen LogP contribution in [-0.4, -0.2) is 52.2 Å². The lowest BCUT2D eigenvalue weighted by molar-refractivity contribution is -0.143. The van der Waals surface area contributed by atoms with Gasteiger partial charge in [-0.25, -0.2) is 9.37 Å². The van der Waals surface area contributed by atoms with Crippen molar-refractivity contribution < 1.29 is 19.0 Å². The third-order valence-electron chi connectivity index (χ3n) is 7.13. The predicted molar refractivity (Wildman–Crippen MR) is 126 cm³/mol. The van der Waals surface area contributed by atoms with Gasteiger partial charge in [-0.2, -0.15) is 0 Å². The average molecular weight is 450 g/mol. The number of hydrogen-bond donors (Lipinski definition) is 2. The molecule has 2 aromatic heterocycles. The SMILES string of the molecule is COc1ccc(F)cc1-c1ccnc2[nH]c(C3=CCN([C@H]4CC[C@H](C(=O)O)CC4)CC3)cc12. The number of H-pyrrole nitrogens is 1. The van der Waals surface area contributed by atoms with Gasteiger partial charge in [0, 0.05) is 42.0 Å². The number of nitrogens with zero attached hydrogens (tertiary/aromatic N) is 2. The summed E-state index contributed by atoms with van der Waals surface area (Å²) in [6.07, 6.45) is 8.36. The Morgan fingerprint density at radius 1 is 1.18 bits per heavy atom. The first-order chi connectivity index (χ1) is 16.0. The first-order valence-electron chi connectivity index (χ1n) is 11.5. The van der Waals surface area contributed by atoms with Gasteiger partial charge in [0.15, 0.2) is 0 Å². The maximum Gasteiger partial charge on any atom is 0.306 e. The number of aromatic amines is 1. The highest BCUT2D eigenvalue weighted by Crippen LogP contribution is 2.37. The summed E-state index contributed by atoms with van der Waals surface area (Å²) in [7, 11) is 1.59. The number of hydrogen-bond acceptors (Lipinski definition) is 4. The Hall–Kier alpha value is -3.19. The molecule has 1 aliphatic heterocycles. The zero-order valence-electron chi connectivity index (χ0n) is 18.7. The molecule has 1 aromatic carbocycles. The van der Waals surface area contributed by atoms with E-state index in [0.717, 1.165) is 67.5 Å². The second-order valence-corrected chi connectivity index (χ2v) is 8.97. The number of fused-ring (bicyclic) bond motifs is 1. The molecule has 0 unspecified atom stereocenters. The molecule has 1 saturated carbocycles. The van der Waals surface area contributed by atoms with Gasteiger partial charge < -0.3 is 14.8 Å². The molecule has 5 rings (SSSR count). The van der Waals surface area contributed by atoms with Gasteiger partial charge in [0.25, 0.3) is 0 Å². The van der Waals surface area contributed by atoms with E-state index in [1.807, 2.05) is 6.07 Å². The number of halogens is 1. The van der Waals surface area contributed by atoms with E-state index in [9.17, 15) is 14.3 Å². The minimum absolute atomic E-state index is 0.179. The van der Waals surface area contributed by atoms with E-state index in [1.165, 1.54) is 17.7 Å². The van der Waals surface area contributed by atoms with E-state index >= 15 is 0 Å². The molecular formula is C26H28FN3O3. The Morgan fingerprint density at radius 3 is 2.70 bits per heavy atom. The molecule has 33 heavy (non-hydrogen) atoms. The van der Waals surface area contributed by atoms with Crippen LogP contribution in [0.4, 0.5) is 4.39 Å². The van der Waals surface area contributed by atoms with Gasteiger partial charge in [-0.1, -0.05) is 6.08 Å². The summed E-state index contributed by atoms with van der Waals surface area (Å²) in [4.78, 5) is 21.6. The smallest absolute Gasteiger partial charge is 0.306 e. The summed E-state index contributed by atoms with van der Waals surface area (Å²) in [5.74, 6) is -0.519. The molecule has 7 heteroatoms. The number of nitrogens with one attached hydrogen (secondary N) is 1. The van der Waals surface area contributed by atoms with Gasteiger partial charge in [-0.3, -0.25) is 9.69 Å². The highest BCUT2D eigenvalue weighted by Gasteiger charge is 2.30. The quantitative estimate of drug-likeness (QED) is 0.566. The van der Waals surface area contributed by atoms with Crippen LogP contribution in [0, 0.1) is 11.7 Å². The predicted octanol–water partition coefficient (Wildman–Crippen LogP) is 5.11. The van der Waals surface area contributed by atoms with Crippen molar-refractivity contribution in [3.8, 4) is 16.9 Å². The molecule has 3 aromatic rings. The number of carboxylic acids is 1. The molecule has 0 amide bonds. The molecule has 172 valence electrons. The van der Waals surface area contributed by atoms with E-state index in [-0.39, 0.29) is 11.7 Å².